The molecule has 74 valence electrons. The Bertz CT molecular complexity index is 225. The monoisotopic (exact) mass is 182 g/mol. The van der Waals surface area contributed by atoms with E-state index in [1.807, 2.05) is 20.8 Å². The van der Waals surface area contributed by atoms with E-state index >= 15 is 0 Å². The van der Waals surface area contributed by atoms with Crippen molar-refractivity contribution in [1.29, 1.82) is 0 Å². The summed E-state index contributed by atoms with van der Waals surface area (Å²) in [6.45, 7) is 7.68. The predicted molar refractivity (Wildman–Crippen MR) is 53.3 cm³/mol. The van der Waals surface area contributed by atoms with E-state index < -0.39 is 0 Å². The number of Topliss-reactive ketones (excluding diaryl/α,β-unsaturated/α-hetero) is 1. The number of carbonyl (C=O) groups is 1. The highest BCUT2D eigenvalue weighted by atomic mass is 16.5. The van der Waals surface area contributed by atoms with Gasteiger partial charge in [0.2, 0.25) is 0 Å². The number of hydrogen-bond acceptors (Lipinski definition) is 2. The van der Waals surface area contributed by atoms with Crippen molar-refractivity contribution in [2.75, 3.05) is 7.11 Å². The van der Waals surface area contributed by atoms with Gasteiger partial charge in [-0.15, -0.1) is 5.92 Å². The van der Waals surface area contributed by atoms with E-state index in [0.717, 1.165) is 0 Å². The van der Waals surface area contributed by atoms with Crippen molar-refractivity contribution in [3.8, 4) is 11.8 Å². The summed E-state index contributed by atoms with van der Waals surface area (Å²) in [4.78, 5) is 11.6. The van der Waals surface area contributed by atoms with Crippen LogP contribution in [0.25, 0.3) is 0 Å². The van der Waals surface area contributed by atoms with Crippen molar-refractivity contribution in [3.63, 3.8) is 0 Å². The number of ether oxygens (including phenoxy) is 1. The molecule has 0 spiro atoms. The van der Waals surface area contributed by atoms with Gasteiger partial charge in [0.1, 0.15) is 6.10 Å². The van der Waals surface area contributed by atoms with Crippen LogP contribution in [0.5, 0.6) is 0 Å². The molecule has 0 rings (SSSR count). The molecule has 1 unspecified atom stereocenters. The molecule has 2 heteroatoms. The molecule has 0 aliphatic rings. The fourth-order valence-electron chi connectivity index (χ4n) is 1.24. The Hall–Kier alpha value is -0.810. The average Bonchev–Trinajstić information content (AvgIpc) is 1.99. The zero-order valence-corrected chi connectivity index (χ0v) is 9.10. The highest BCUT2D eigenvalue weighted by Gasteiger charge is 2.30. The topological polar surface area (TPSA) is 26.3 Å². The largest absolute Gasteiger partial charge is 0.373 e. The van der Waals surface area contributed by atoms with Crippen LogP contribution in [0.2, 0.25) is 0 Å². The minimum Gasteiger partial charge on any atom is -0.373 e. The summed E-state index contributed by atoms with van der Waals surface area (Å²) in [5, 5.41) is 0. The Morgan fingerprint density at radius 2 is 2.00 bits per heavy atom. The second kappa shape index (κ2) is 5.04. The SMILES string of the molecule is CC#CCC(=O)C(OC)C(C)(C)C. The lowest BCUT2D eigenvalue weighted by atomic mass is 9.85. The second-order valence-corrected chi connectivity index (χ2v) is 4.05. The molecule has 0 radical (unpaired) electrons. The molecule has 0 saturated heterocycles. The average molecular weight is 182 g/mol. The van der Waals surface area contributed by atoms with Gasteiger partial charge < -0.3 is 4.74 Å². The third-order valence-electron chi connectivity index (χ3n) is 1.75. The summed E-state index contributed by atoms with van der Waals surface area (Å²) in [5.41, 5.74) is -0.152. The van der Waals surface area contributed by atoms with Crippen molar-refractivity contribution >= 4 is 5.78 Å². The second-order valence-electron chi connectivity index (χ2n) is 4.05. The first-order valence-corrected chi connectivity index (χ1v) is 4.38. The molecule has 0 bridgehead atoms. The van der Waals surface area contributed by atoms with Crippen molar-refractivity contribution in [2.45, 2.75) is 40.2 Å². The normalized spacial score (nSPS) is 13.0. The molecular weight excluding hydrogens is 164 g/mol. The molecule has 0 aromatic rings. The number of carbonyl (C=O) groups excluding carboxylic acids is 1. The number of methoxy groups -OCH3 is 1. The number of hydrogen-bond donors (Lipinski definition) is 0. The third kappa shape index (κ3) is 4.10. The Morgan fingerprint density at radius 1 is 1.46 bits per heavy atom. The van der Waals surface area contributed by atoms with E-state index in [4.69, 9.17) is 4.74 Å². The van der Waals surface area contributed by atoms with Gasteiger partial charge in [0.25, 0.3) is 0 Å². The summed E-state index contributed by atoms with van der Waals surface area (Å²) in [6.07, 6.45) is -0.0694. The highest BCUT2D eigenvalue weighted by molar-refractivity contribution is 5.85. The molecule has 0 amide bonds. The maximum atomic E-state index is 11.6. The molecule has 1 atom stereocenters. The lowest BCUT2D eigenvalue weighted by Crippen LogP contribution is -2.35. The van der Waals surface area contributed by atoms with Gasteiger partial charge in [0.15, 0.2) is 5.78 Å². The molecule has 0 aromatic heterocycles. The smallest absolute Gasteiger partial charge is 0.173 e. The van der Waals surface area contributed by atoms with Crippen LogP contribution in [0, 0.1) is 17.3 Å². The van der Waals surface area contributed by atoms with Crippen LogP contribution in [0.15, 0.2) is 0 Å². The molecule has 0 N–H and O–H groups in total. The van der Waals surface area contributed by atoms with Crippen LogP contribution in [0.4, 0.5) is 0 Å². The first-order chi connectivity index (χ1) is 5.93. The summed E-state index contributed by atoms with van der Waals surface area (Å²) < 4.78 is 5.16. The Morgan fingerprint density at radius 3 is 2.31 bits per heavy atom. The van der Waals surface area contributed by atoms with Gasteiger partial charge in [-0.3, -0.25) is 4.79 Å². The molecule has 13 heavy (non-hydrogen) atoms. The molecule has 0 aliphatic heterocycles. The zero-order valence-electron chi connectivity index (χ0n) is 9.10. The fraction of sp³-hybridized carbons (Fsp3) is 0.727. The zero-order chi connectivity index (χ0) is 10.5. The van der Waals surface area contributed by atoms with E-state index in [1.165, 1.54) is 0 Å². The van der Waals surface area contributed by atoms with Crippen molar-refractivity contribution in [2.24, 2.45) is 5.41 Å². The first-order valence-electron chi connectivity index (χ1n) is 4.38. The van der Waals surface area contributed by atoms with Crippen molar-refractivity contribution in [3.05, 3.63) is 0 Å². The minimum absolute atomic E-state index is 0.0596. The molecule has 2 nitrogen and oxygen atoms in total. The van der Waals surface area contributed by atoms with Gasteiger partial charge in [0.05, 0.1) is 6.42 Å². The van der Waals surface area contributed by atoms with Gasteiger partial charge in [-0.25, -0.2) is 0 Å². The minimum atomic E-state index is -0.353. The first kappa shape index (κ1) is 12.2. The van der Waals surface area contributed by atoms with Gasteiger partial charge in [0, 0.05) is 7.11 Å². The molecule has 0 aliphatic carbocycles. The van der Waals surface area contributed by atoms with Crippen LogP contribution in [-0.2, 0) is 9.53 Å². The molecular formula is C11H18O2. The fourth-order valence-corrected chi connectivity index (χ4v) is 1.24. The lowest BCUT2D eigenvalue weighted by Gasteiger charge is -2.27. The van der Waals surface area contributed by atoms with Crippen LogP contribution in [0.1, 0.15) is 34.1 Å². The summed E-state index contributed by atoms with van der Waals surface area (Å²) in [7, 11) is 1.56. The van der Waals surface area contributed by atoms with E-state index in [0.29, 0.717) is 0 Å². The van der Waals surface area contributed by atoms with E-state index in [-0.39, 0.29) is 23.7 Å². The Labute approximate surface area is 80.7 Å². The molecule has 0 saturated carbocycles. The molecule has 0 aromatic carbocycles. The van der Waals surface area contributed by atoms with Crippen LogP contribution in [0.3, 0.4) is 0 Å². The van der Waals surface area contributed by atoms with Gasteiger partial charge in [-0.05, 0) is 12.3 Å². The predicted octanol–water partition coefficient (Wildman–Crippen LogP) is 2.03. The summed E-state index contributed by atoms with van der Waals surface area (Å²) >= 11 is 0. The molecule has 0 heterocycles. The van der Waals surface area contributed by atoms with Gasteiger partial charge >= 0.3 is 0 Å². The number of ketones is 1. The Balaban J connectivity index is 4.39. The quantitative estimate of drug-likeness (QED) is 0.624. The van der Waals surface area contributed by atoms with E-state index in [2.05, 4.69) is 11.8 Å². The van der Waals surface area contributed by atoms with Crippen LogP contribution < -0.4 is 0 Å². The maximum absolute atomic E-state index is 11.6. The van der Waals surface area contributed by atoms with Crippen molar-refractivity contribution in [1.82, 2.24) is 0 Å². The summed E-state index contributed by atoms with van der Waals surface area (Å²) in [6, 6.07) is 0. The van der Waals surface area contributed by atoms with E-state index in [1.54, 1.807) is 14.0 Å². The van der Waals surface area contributed by atoms with Gasteiger partial charge in [-0.1, -0.05) is 26.7 Å². The summed E-state index contributed by atoms with van der Waals surface area (Å²) in [5.74, 6) is 5.52. The van der Waals surface area contributed by atoms with Gasteiger partial charge in [-0.2, -0.15) is 0 Å². The standard InChI is InChI=1S/C11H18O2/c1-6-7-8-9(12)10(13-5)11(2,3)4/h10H,8H2,1-5H3. The molecule has 0 fully saturated rings. The lowest BCUT2D eigenvalue weighted by molar-refractivity contribution is -0.133. The van der Waals surface area contributed by atoms with Crippen LogP contribution in [-0.4, -0.2) is 19.0 Å². The van der Waals surface area contributed by atoms with Crippen molar-refractivity contribution < 1.29 is 9.53 Å². The van der Waals surface area contributed by atoms with E-state index in [9.17, 15) is 4.79 Å². The maximum Gasteiger partial charge on any atom is 0.173 e. The van der Waals surface area contributed by atoms with Crippen LogP contribution >= 0.6 is 0 Å². The Kier molecular flexibility index (Phi) is 4.72. The third-order valence-corrected chi connectivity index (χ3v) is 1.75. The number of rotatable bonds is 3. The highest BCUT2D eigenvalue weighted by Crippen LogP contribution is 2.23.